The van der Waals surface area contributed by atoms with Gasteiger partial charge in [0, 0.05) is 20.1 Å². The first-order chi connectivity index (χ1) is 9.72. The third kappa shape index (κ3) is 7.85. The molecule has 1 nitrogen and oxygen atoms in total. The third-order valence-corrected chi connectivity index (χ3v) is 2.94. The number of allylic oxidation sites excluding steroid dienone is 4. The van der Waals surface area contributed by atoms with Gasteiger partial charge >= 0.3 is 0 Å². The Morgan fingerprint density at radius 2 is 1.85 bits per heavy atom. The first-order valence-electron chi connectivity index (χ1n) is 6.97. The maximum Gasteiger partial charge on any atom is 0.123 e. The zero-order valence-corrected chi connectivity index (χ0v) is 11.9. The maximum absolute atomic E-state index is 12.5. The Morgan fingerprint density at radius 1 is 1.10 bits per heavy atom. The van der Waals surface area contributed by atoms with E-state index in [1.54, 1.807) is 13.2 Å². The second-order valence-corrected chi connectivity index (χ2v) is 4.66. The van der Waals surface area contributed by atoms with Gasteiger partial charge in [-0.2, -0.15) is 0 Å². The van der Waals surface area contributed by atoms with Crippen LogP contribution >= 0.6 is 0 Å². The number of methoxy groups -OCH3 is 1. The van der Waals surface area contributed by atoms with Crippen LogP contribution in [0.3, 0.4) is 0 Å². The highest BCUT2D eigenvalue weighted by atomic mass is 19.1. The van der Waals surface area contributed by atoms with Gasteiger partial charge in [0.25, 0.3) is 0 Å². The molecule has 1 aromatic carbocycles. The number of ether oxygens (including phenoxy) is 1. The third-order valence-electron chi connectivity index (χ3n) is 2.94. The van der Waals surface area contributed by atoms with Crippen LogP contribution in [0.1, 0.15) is 31.2 Å². The number of rotatable bonds is 5. The van der Waals surface area contributed by atoms with E-state index < -0.39 is 0 Å². The lowest BCUT2D eigenvalue weighted by molar-refractivity contribution is 0.193. The number of hydrogen-bond donors (Lipinski definition) is 0. The first-order valence-corrected chi connectivity index (χ1v) is 6.97. The fraction of sp³-hybridized carbons (Fsp3) is 0.412. The summed E-state index contributed by atoms with van der Waals surface area (Å²) in [5.74, 6) is -0.164. The van der Waals surface area contributed by atoms with Crippen LogP contribution in [0.2, 0.25) is 0 Å². The minimum Gasteiger partial charge on any atom is -0.385 e. The molecule has 0 aliphatic heterocycles. The molecule has 0 unspecified atom stereocenters. The molecule has 1 aliphatic rings. The summed E-state index contributed by atoms with van der Waals surface area (Å²) in [6.07, 6.45) is 9.83. The molecule has 0 heterocycles. The molecule has 0 saturated heterocycles. The second-order valence-electron chi connectivity index (χ2n) is 4.66. The van der Waals surface area contributed by atoms with Gasteiger partial charge in [-0.15, -0.1) is 0 Å². The lowest BCUT2D eigenvalue weighted by Crippen LogP contribution is -1.91. The van der Waals surface area contributed by atoms with Gasteiger partial charge in [0.15, 0.2) is 0 Å². The van der Waals surface area contributed by atoms with Gasteiger partial charge in [0.1, 0.15) is 11.6 Å². The first kappa shape index (κ1) is 16.6. The molecule has 110 valence electrons. The van der Waals surface area contributed by atoms with Crippen molar-refractivity contribution in [2.45, 2.75) is 32.1 Å². The number of halogens is 2. The van der Waals surface area contributed by atoms with E-state index in [4.69, 9.17) is 4.74 Å². The Hall–Kier alpha value is -1.48. The van der Waals surface area contributed by atoms with E-state index in [9.17, 15) is 8.78 Å². The van der Waals surface area contributed by atoms with Crippen molar-refractivity contribution in [2.24, 2.45) is 0 Å². The summed E-state index contributed by atoms with van der Waals surface area (Å²) in [6.45, 7) is 0.807. The molecule has 0 bridgehead atoms. The van der Waals surface area contributed by atoms with E-state index in [-0.39, 0.29) is 11.6 Å². The number of unbranched alkanes of at least 4 members (excludes halogenated alkanes) is 1. The molecule has 3 heteroatoms. The minimum atomic E-state index is -0.166. The average Bonchev–Trinajstić information content (AvgIpc) is 2.47. The molecule has 0 fully saturated rings. The zero-order valence-electron chi connectivity index (χ0n) is 11.9. The van der Waals surface area contributed by atoms with Crippen LogP contribution in [-0.2, 0) is 11.2 Å². The van der Waals surface area contributed by atoms with E-state index in [0.29, 0.717) is 6.42 Å². The predicted molar refractivity (Wildman–Crippen MR) is 78.8 cm³/mol. The summed E-state index contributed by atoms with van der Waals surface area (Å²) in [5, 5.41) is 0. The summed E-state index contributed by atoms with van der Waals surface area (Å²) in [7, 11) is 1.71. The molecular weight excluding hydrogens is 258 g/mol. The van der Waals surface area contributed by atoms with Gasteiger partial charge in [-0.1, -0.05) is 24.3 Å². The van der Waals surface area contributed by atoms with Crippen LogP contribution in [0.4, 0.5) is 8.78 Å². The van der Waals surface area contributed by atoms with Crippen molar-refractivity contribution in [2.75, 3.05) is 13.7 Å². The van der Waals surface area contributed by atoms with Crippen LogP contribution in [0, 0.1) is 5.82 Å². The average molecular weight is 280 g/mol. The molecule has 0 aromatic heterocycles. The highest BCUT2D eigenvalue weighted by Crippen LogP contribution is 2.11. The number of benzene rings is 1. The van der Waals surface area contributed by atoms with Crippen molar-refractivity contribution in [3.8, 4) is 0 Å². The highest BCUT2D eigenvalue weighted by Gasteiger charge is 1.94. The second kappa shape index (κ2) is 10.3. The van der Waals surface area contributed by atoms with E-state index >= 15 is 0 Å². The van der Waals surface area contributed by atoms with Crippen molar-refractivity contribution in [1.29, 1.82) is 0 Å². The minimum absolute atomic E-state index is 0.00231. The van der Waals surface area contributed by atoms with E-state index in [2.05, 4.69) is 0 Å². The number of hydrogen-bond acceptors (Lipinski definition) is 1. The fourth-order valence-electron chi connectivity index (χ4n) is 1.80. The van der Waals surface area contributed by atoms with Crippen LogP contribution in [0.25, 0.3) is 0 Å². The summed E-state index contributed by atoms with van der Waals surface area (Å²) in [6, 6.07) is 6.68. The highest BCUT2D eigenvalue weighted by molar-refractivity contribution is 5.15. The van der Waals surface area contributed by atoms with Gasteiger partial charge < -0.3 is 4.74 Å². The smallest absolute Gasteiger partial charge is 0.123 e. The predicted octanol–water partition coefficient (Wildman–Crippen LogP) is 4.98. The Bertz CT molecular complexity index is 421. The zero-order chi connectivity index (χ0) is 14.6. The summed E-state index contributed by atoms with van der Waals surface area (Å²) in [5.41, 5.74) is 1.19. The normalized spacial score (nSPS) is 13.4. The van der Waals surface area contributed by atoms with Gasteiger partial charge in [0.05, 0.1) is 0 Å². The van der Waals surface area contributed by atoms with Crippen molar-refractivity contribution >= 4 is 0 Å². The molecule has 2 rings (SSSR count). The van der Waals surface area contributed by atoms with Gasteiger partial charge in [0.2, 0.25) is 0 Å². The SMILES string of the molecule is COCCCCc1ccc(F)cc1.FC1=CC=CCC1. The Balaban J connectivity index is 0.000000240. The fourth-order valence-corrected chi connectivity index (χ4v) is 1.80. The lowest BCUT2D eigenvalue weighted by atomic mass is 10.1. The van der Waals surface area contributed by atoms with Crippen molar-refractivity contribution < 1.29 is 13.5 Å². The van der Waals surface area contributed by atoms with Gasteiger partial charge in [-0.25, -0.2) is 8.78 Å². The topological polar surface area (TPSA) is 9.23 Å². The Morgan fingerprint density at radius 3 is 2.35 bits per heavy atom. The van der Waals surface area contributed by atoms with E-state index in [1.807, 2.05) is 18.2 Å². The van der Waals surface area contributed by atoms with E-state index in [1.165, 1.54) is 23.8 Å². The van der Waals surface area contributed by atoms with Crippen LogP contribution < -0.4 is 0 Å². The molecule has 1 aliphatic carbocycles. The molecule has 0 radical (unpaired) electrons. The van der Waals surface area contributed by atoms with Crippen molar-refractivity contribution in [3.63, 3.8) is 0 Å². The molecule has 0 amide bonds. The van der Waals surface area contributed by atoms with Crippen LogP contribution in [-0.4, -0.2) is 13.7 Å². The van der Waals surface area contributed by atoms with Crippen molar-refractivity contribution in [1.82, 2.24) is 0 Å². The van der Waals surface area contributed by atoms with Crippen LogP contribution in [0.5, 0.6) is 0 Å². The molecule has 0 saturated carbocycles. The molecule has 20 heavy (non-hydrogen) atoms. The molecule has 0 spiro atoms. The molecule has 0 N–H and O–H groups in total. The van der Waals surface area contributed by atoms with Crippen molar-refractivity contribution in [3.05, 3.63) is 59.7 Å². The summed E-state index contributed by atoms with van der Waals surface area (Å²) >= 11 is 0. The molecule has 1 aromatic rings. The summed E-state index contributed by atoms with van der Waals surface area (Å²) < 4.78 is 29.4. The summed E-state index contributed by atoms with van der Waals surface area (Å²) in [4.78, 5) is 0. The largest absolute Gasteiger partial charge is 0.385 e. The Kier molecular flexibility index (Phi) is 8.56. The molecule has 0 atom stereocenters. The number of aryl methyl sites for hydroxylation is 1. The maximum atomic E-state index is 12.5. The lowest BCUT2D eigenvalue weighted by Gasteiger charge is -2.00. The van der Waals surface area contributed by atoms with Gasteiger partial charge in [-0.3, -0.25) is 0 Å². The quantitative estimate of drug-likeness (QED) is 0.691. The van der Waals surface area contributed by atoms with E-state index in [0.717, 1.165) is 32.3 Å². The monoisotopic (exact) mass is 280 g/mol. The Labute approximate surface area is 120 Å². The van der Waals surface area contributed by atoms with Crippen LogP contribution in [0.15, 0.2) is 48.3 Å². The van der Waals surface area contributed by atoms with Gasteiger partial charge in [-0.05, 0) is 49.5 Å². The standard InChI is InChI=1S/C11H15FO.C6H7F/c1-13-9-3-2-4-10-5-7-11(12)8-6-10;7-6-4-2-1-3-5-6/h5-8H,2-4,9H2,1H3;1-2,4H,3,5H2. The molecular formula is C17H22F2O.